The van der Waals surface area contributed by atoms with Gasteiger partial charge in [0.05, 0.1) is 6.61 Å². The second-order valence-corrected chi connectivity index (χ2v) is 5.78. The van der Waals surface area contributed by atoms with E-state index >= 15 is 0 Å². The first kappa shape index (κ1) is 11.2. The number of aromatic amines is 1. The third-order valence-corrected chi connectivity index (χ3v) is 4.73. The molecule has 1 aliphatic heterocycles. The summed E-state index contributed by atoms with van der Waals surface area (Å²) in [5.41, 5.74) is 3.67. The van der Waals surface area contributed by atoms with Gasteiger partial charge < -0.3 is 9.72 Å². The Morgan fingerprint density at radius 1 is 1.32 bits per heavy atom. The summed E-state index contributed by atoms with van der Waals surface area (Å²) in [5.74, 6) is 0.545. The average Bonchev–Trinajstić information content (AvgIpc) is 3.18. The molecule has 1 N–H and O–H groups in total. The first-order valence-corrected chi connectivity index (χ1v) is 7.39. The maximum Gasteiger partial charge on any atom is 0.137 e. The summed E-state index contributed by atoms with van der Waals surface area (Å²) in [7, 11) is 0. The molecule has 19 heavy (non-hydrogen) atoms. The van der Waals surface area contributed by atoms with Crippen LogP contribution in [0.3, 0.4) is 0 Å². The molecule has 0 saturated carbocycles. The Labute approximate surface area is 115 Å². The number of aromatic nitrogens is 2. The maximum absolute atomic E-state index is 5.53. The molecule has 96 valence electrons. The number of hydrogen-bond acceptors (Lipinski definition) is 3. The fraction of sp³-hybridized carbons (Fsp3) is 0.267. The largest absolute Gasteiger partial charge is 0.381 e. The minimum absolute atomic E-state index is 0.545. The first-order valence-electron chi connectivity index (χ1n) is 6.51. The van der Waals surface area contributed by atoms with E-state index in [1.807, 2.05) is 23.7 Å². The van der Waals surface area contributed by atoms with E-state index < -0.39 is 0 Å². The minimum atomic E-state index is 0.545. The van der Waals surface area contributed by atoms with Crippen LogP contribution in [0.25, 0.3) is 21.5 Å². The number of pyridine rings is 1. The van der Waals surface area contributed by atoms with Gasteiger partial charge in [0.2, 0.25) is 0 Å². The lowest BCUT2D eigenvalue weighted by Gasteiger charge is -2.10. The molecule has 1 atom stereocenters. The van der Waals surface area contributed by atoms with Gasteiger partial charge in [-0.25, -0.2) is 4.98 Å². The Hall–Kier alpha value is -1.65. The van der Waals surface area contributed by atoms with Crippen molar-refractivity contribution in [3.05, 3.63) is 41.5 Å². The van der Waals surface area contributed by atoms with Crippen molar-refractivity contribution in [3.63, 3.8) is 0 Å². The highest BCUT2D eigenvalue weighted by Gasteiger charge is 2.22. The lowest BCUT2D eigenvalue weighted by molar-refractivity contribution is 0.194. The Kier molecular flexibility index (Phi) is 2.64. The molecule has 0 amide bonds. The summed E-state index contributed by atoms with van der Waals surface area (Å²) in [4.78, 5) is 8.91. The summed E-state index contributed by atoms with van der Waals surface area (Å²) in [6, 6.07) is 6.46. The second-order valence-electron chi connectivity index (χ2n) is 4.86. The van der Waals surface area contributed by atoms with Gasteiger partial charge in [0.25, 0.3) is 0 Å². The van der Waals surface area contributed by atoms with Crippen molar-refractivity contribution in [1.82, 2.24) is 9.97 Å². The van der Waals surface area contributed by atoms with E-state index in [2.05, 4.69) is 33.5 Å². The van der Waals surface area contributed by atoms with E-state index in [0.717, 1.165) is 25.3 Å². The molecule has 0 radical (unpaired) electrons. The van der Waals surface area contributed by atoms with Crippen LogP contribution < -0.4 is 0 Å². The normalized spacial score (nSPS) is 19.3. The number of ether oxygens (including phenoxy) is 1. The number of H-pyrrole nitrogens is 1. The molecule has 3 aromatic rings. The topological polar surface area (TPSA) is 37.9 Å². The van der Waals surface area contributed by atoms with E-state index in [4.69, 9.17) is 4.74 Å². The van der Waals surface area contributed by atoms with E-state index in [9.17, 15) is 0 Å². The predicted octanol–water partition coefficient (Wildman–Crippen LogP) is 3.80. The molecule has 1 saturated heterocycles. The summed E-state index contributed by atoms with van der Waals surface area (Å²) in [5, 5.41) is 3.38. The third-order valence-electron chi connectivity index (χ3n) is 3.77. The van der Waals surface area contributed by atoms with Crippen LogP contribution in [-0.4, -0.2) is 23.2 Å². The highest BCUT2D eigenvalue weighted by atomic mass is 32.1. The van der Waals surface area contributed by atoms with Crippen LogP contribution in [0.15, 0.2) is 36.0 Å². The molecule has 1 aliphatic rings. The van der Waals surface area contributed by atoms with E-state index in [-0.39, 0.29) is 0 Å². The smallest absolute Gasteiger partial charge is 0.137 e. The van der Waals surface area contributed by atoms with Gasteiger partial charge >= 0.3 is 0 Å². The highest BCUT2D eigenvalue weighted by Crippen LogP contribution is 2.39. The Balaban J connectivity index is 1.88. The zero-order valence-electron chi connectivity index (χ0n) is 10.4. The van der Waals surface area contributed by atoms with Gasteiger partial charge in [-0.1, -0.05) is 0 Å². The lowest BCUT2D eigenvalue weighted by atomic mass is 9.96. The van der Waals surface area contributed by atoms with Gasteiger partial charge in [-0.3, -0.25) is 0 Å². The van der Waals surface area contributed by atoms with Crippen molar-refractivity contribution in [2.24, 2.45) is 0 Å². The standard InChI is InChI=1S/C15H14N2OS/c1-5-16-15-13(2-6-17-15)12(1)14-11(4-8-19-14)10-3-7-18-9-10/h1-2,4-6,8,10H,3,7,9H2,(H,16,17). The number of hydrogen-bond donors (Lipinski definition) is 1. The van der Waals surface area contributed by atoms with Crippen molar-refractivity contribution in [3.8, 4) is 10.4 Å². The van der Waals surface area contributed by atoms with Crippen molar-refractivity contribution in [2.45, 2.75) is 12.3 Å². The number of nitrogens with one attached hydrogen (secondary N) is 1. The summed E-state index contributed by atoms with van der Waals surface area (Å²) in [6.07, 6.45) is 4.96. The minimum Gasteiger partial charge on any atom is -0.381 e. The van der Waals surface area contributed by atoms with Crippen molar-refractivity contribution >= 4 is 22.4 Å². The summed E-state index contributed by atoms with van der Waals surface area (Å²) in [6.45, 7) is 1.74. The average molecular weight is 270 g/mol. The quantitative estimate of drug-likeness (QED) is 0.769. The predicted molar refractivity (Wildman–Crippen MR) is 77.6 cm³/mol. The van der Waals surface area contributed by atoms with Crippen molar-refractivity contribution in [2.75, 3.05) is 13.2 Å². The van der Waals surface area contributed by atoms with Gasteiger partial charge in [-0.2, -0.15) is 0 Å². The third kappa shape index (κ3) is 1.79. The van der Waals surface area contributed by atoms with Gasteiger partial charge in [0.1, 0.15) is 5.65 Å². The van der Waals surface area contributed by atoms with Crippen LogP contribution in [0.4, 0.5) is 0 Å². The van der Waals surface area contributed by atoms with Crippen LogP contribution >= 0.6 is 11.3 Å². The monoisotopic (exact) mass is 270 g/mol. The van der Waals surface area contributed by atoms with Crippen LogP contribution in [0.5, 0.6) is 0 Å². The Morgan fingerprint density at radius 2 is 2.32 bits per heavy atom. The molecular formula is C15H14N2OS. The zero-order chi connectivity index (χ0) is 12.7. The zero-order valence-corrected chi connectivity index (χ0v) is 11.2. The molecular weight excluding hydrogens is 256 g/mol. The molecule has 0 aromatic carbocycles. The number of thiophene rings is 1. The van der Waals surface area contributed by atoms with Gasteiger partial charge in [-0.05, 0) is 35.6 Å². The molecule has 0 aliphatic carbocycles. The molecule has 4 rings (SSSR count). The fourth-order valence-electron chi connectivity index (χ4n) is 2.80. The SMILES string of the molecule is c1cc(-c2sccc2C2CCOC2)c2cc[nH]c2n1. The Bertz CT molecular complexity index is 710. The van der Waals surface area contributed by atoms with Crippen molar-refractivity contribution < 1.29 is 4.74 Å². The van der Waals surface area contributed by atoms with Gasteiger partial charge in [0, 0.05) is 40.7 Å². The molecule has 1 unspecified atom stereocenters. The first-order chi connectivity index (χ1) is 9.43. The maximum atomic E-state index is 5.53. The van der Waals surface area contributed by atoms with Crippen molar-refractivity contribution in [1.29, 1.82) is 0 Å². The van der Waals surface area contributed by atoms with Gasteiger partial charge in [0.15, 0.2) is 0 Å². The van der Waals surface area contributed by atoms with E-state index in [1.54, 1.807) is 0 Å². The number of fused-ring (bicyclic) bond motifs is 1. The number of nitrogens with zero attached hydrogens (tertiary/aromatic N) is 1. The Morgan fingerprint density at radius 3 is 3.21 bits per heavy atom. The molecule has 4 heteroatoms. The molecule has 0 spiro atoms. The number of rotatable bonds is 2. The summed E-state index contributed by atoms with van der Waals surface area (Å²) < 4.78 is 5.53. The van der Waals surface area contributed by atoms with Crippen LogP contribution in [-0.2, 0) is 4.74 Å². The molecule has 0 bridgehead atoms. The molecule has 1 fully saturated rings. The van der Waals surface area contributed by atoms with Gasteiger partial charge in [-0.15, -0.1) is 11.3 Å². The summed E-state index contributed by atoms with van der Waals surface area (Å²) >= 11 is 1.81. The second kappa shape index (κ2) is 4.47. The molecule has 3 nitrogen and oxygen atoms in total. The van der Waals surface area contributed by atoms with Crippen LogP contribution in [0, 0.1) is 0 Å². The van der Waals surface area contributed by atoms with Crippen LogP contribution in [0.1, 0.15) is 17.9 Å². The highest BCUT2D eigenvalue weighted by molar-refractivity contribution is 7.13. The van der Waals surface area contributed by atoms with E-state index in [1.165, 1.54) is 21.4 Å². The molecule has 3 aromatic heterocycles. The lowest BCUT2D eigenvalue weighted by Crippen LogP contribution is -1.97. The van der Waals surface area contributed by atoms with Crippen LogP contribution in [0.2, 0.25) is 0 Å². The fourth-order valence-corrected chi connectivity index (χ4v) is 3.82. The molecule has 4 heterocycles. The van der Waals surface area contributed by atoms with E-state index in [0.29, 0.717) is 5.92 Å².